The van der Waals surface area contributed by atoms with Gasteiger partial charge >= 0.3 is 0 Å². The number of rotatable bonds is 8. The lowest BCUT2D eigenvalue weighted by molar-refractivity contribution is 0.271. The summed E-state index contributed by atoms with van der Waals surface area (Å²) >= 11 is 1.38. The van der Waals surface area contributed by atoms with Crippen molar-refractivity contribution in [3.05, 3.63) is 42.0 Å². The molecule has 4 aromatic rings. The molecule has 0 saturated carbocycles. The molecule has 0 fully saturated rings. The van der Waals surface area contributed by atoms with Crippen molar-refractivity contribution < 1.29 is 28.5 Å². The van der Waals surface area contributed by atoms with E-state index in [9.17, 15) is 5.11 Å². The molecule has 1 aliphatic heterocycles. The first-order chi connectivity index (χ1) is 17.0. The maximum Gasteiger partial charge on any atom is 0.171 e. The Labute approximate surface area is 206 Å². The number of hydrogen-bond acceptors (Lipinski definition) is 9. The highest BCUT2D eigenvalue weighted by atomic mass is 32.2. The van der Waals surface area contributed by atoms with E-state index in [-0.39, 0.29) is 12.7 Å². The van der Waals surface area contributed by atoms with Gasteiger partial charge in [-0.2, -0.15) is 0 Å². The van der Waals surface area contributed by atoms with Crippen molar-refractivity contribution >= 4 is 33.7 Å². The molecule has 3 heterocycles. The van der Waals surface area contributed by atoms with Crippen LogP contribution in [-0.2, 0) is 6.42 Å². The van der Waals surface area contributed by atoms with Crippen LogP contribution in [0, 0.1) is 0 Å². The zero-order chi connectivity index (χ0) is 24.7. The molecule has 1 atom stereocenters. The fourth-order valence-corrected chi connectivity index (χ4v) is 5.07. The predicted molar refractivity (Wildman–Crippen MR) is 135 cm³/mol. The minimum absolute atomic E-state index is 0.0139. The number of aliphatic hydroxyl groups excluding tert-OH is 1. The first-order valence-corrected chi connectivity index (χ1v) is 12.1. The van der Waals surface area contributed by atoms with Crippen LogP contribution in [0.3, 0.4) is 0 Å². The Morgan fingerprint density at radius 3 is 2.60 bits per heavy atom. The maximum atomic E-state index is 9.36. The Morgan fingerprint density at radius 1 is 1.14 bits per heavy atom. The average Bonchev–Trinajstić information content (AvgIpc) is 3.47. The van der Waals surface area contributed by atoms with Crippen molar-refractivity contribution in [1.29, 1.82) is 0 Å². The number of furan rings is 1. The molecule has 0 saturated heterocycles. The molecule has 2 aromatic heterocycles. The molecule has 0 unspecified atom stereocenters. The highest BCUT2D eigenvalue weighted by molar-refractivity contribution is 7.99. The number of thioether (sulfide) groups is 1. The normalized spacial score (nSPS) is 14.7. The zero-order valence-corrected chi connectivity index (χ0v) is 20.8. The lowest BCUT2D eigenvalue weighted by Crippen LogP contribution is -2.13. The summed E-state index contributed by atoms with van der Waals surface area (Å²) in [5.41, 5.74) is 4.53. The van der Waals surface area contributed by atoms with E-state index in [0.717, 1.165) is 33.2 Å². The lowest BCUT2D eigenvalue weighted by atomic mass is 9.98. The molecule has 9 heteroatoms. The number of ether oxygens (including phenoxy) is 4. The molecule has 5 rings (SSSR count). The van der Waals surface area contributed by atoms with Crippen LogP contribution in [0.2, 0.25) is 0 Å². The molecule has 182 valence electrons. The van der Waals surface area contributed by atoms with E-state index in [4.69, 9.17) is 23.4 Å². The summed E-state index contributed by atoms with van der Waals surface area (Å²) in [4.78, 5) is 0. The number of aromatic nitrogens is 2. The van der Waals surface area contributed by atoms with Crippen LogP contribution in [0.5, 0.6) is 23.0 Å². The van der Waals surface area contributed by atoms with Gasteiger partial charge in [-0.1, -0.05) is 18.3 Å². The van der Waals surface area contributed by atoms with E-state index in [1.54, 1.807) is 27.4 Å². The van der Waals surface area contributed by atoms with Crippen LogP contribution in [-0.4, -0.2) is 55.1 Å². The highest BCUT2D eigenvalue weighted by Crippen LogP contribution is 2.48. The second-order valence-corrected chi connectivity index (χ2v) is 9.30. The molecule has 2 aromatic carbocycles. The molecule has 0 amide bonds. The van der Waals surface area contributed by atoms with E-state index in [1.807, 2.05) is 25.1 Å². The van der Waals surface area contributed by atoms with Crippen LogP contribution < -0.4 is 18.9 Å². The number of hydrogen-bond donors (Lipinski definition) is 1. The fraction of sp³-hybridized carbons (Fsp3) is 0.308. The summed E-state index contributed by atoms with van der Waals surface area (Å²) in [6.45, 7) is 6.02. The third-order valence-corrected chi connectivity index (χ3v) is 7.01. The molecule has 8 nitrogen and oxygen atoms in total. The van der Waals surface area contributed by atoms with Gasteiger partial charge in [0.25, 0.3) is 0 Å². The third-order valence-electron chi connectivity index (χ3n) is 6.08. The molecular formula is C26H26N2O6S. The summed E-state index contributed by atoms with van der Waals surface area (Å²) in [5.74, 6) is 3.07. The minimum atomic E-state index is -0.0935. The molecular weight excluding hydrogens is 468 g/mol. The Bertz CT molecular complexity index is 1450. The van der Waals surface area contributed by atoms with Gasteiger partial charge in [0.15, 0.2) is 22.1 Å². The molecule has 0 spiro atoms. The van der Waals surface area contributed by atoms with Gasteiger partial charge in [0.1, 0.15) is 28.9 Å². The second kappa shape index (κ2) is 9.31. The van der Waals surface area contributed by atoms with E-state index in [2.05, 4.69) is 16.8 Å². The second-order valence-electron chi connectivity index (χ2n) is 8.22. The van der Waals surface area contributed by atoms with Crippen LogP contribution in [0.1, 0.15) is 12.5 Å². The van der Waals surface area contributed by atoms with Crippen LogP contribution >= 0.6 is 11.8 Å². The van der Waals surface area contributed by atoms with Gasteiger partial charge < -0.3 is 28.5 Å². The van der Waals surface area contributed by atoms with Gasteiger partial charge in [0, 0.05) is 34.8 Å². The first kappa shape index (κ1) is 23.3. The number of nitrogens with zero attached hydrogens (tertiary/aromatic N) is 2. The standard InChI is InChI=1S/C26H26N2O6S/c1-13(2)18-11-16-17(33-18)7-6-14(24(16)32-5)23-22-15-10-20(30-3)21(31-4)12-19(15)34-25(22)26(28-27-23)35-9-8-29/h6-7,10,12,18,29H,1,8-9,11H2,2-5H3/t18-/m1/s1. The van der Waals surface area contributed by atoms with E-state index < -0.39 is 0 Å². The van der Waals surface area contributed by atoms with Crippen LogP contribution in [0.25, 0.3) is 33.2 Å². The number of aliphatic hydroxyl groups is 1. The SMILES string of the molecule is C=C(C)[C@H]1Cc2c(ccc(-c3nnc(SCCO)c4oc5cc(OC)c(OC)cc5c34)c2OC)O1. The van der Waals surface area contributed by atoms with Crippen molar-refractivity contribution in [2.24, 2.45) is 0 Å². The third kappa shape index (κ3) is 3.84. The Balaban J connectivity index is 1.79. The summed E-state index contributed by atoms with van der Waals surface area (Å²) in [7, 11) is 4.82. The Hall–Kier alpha value is -3.43. The molecule has 0 radical (unpaired) electrons. The summed E-state index contributed by atoms with van der Waals surface area (Å²) in [6.07, 6.45) is 0.573. The number of methoxy groups -OCH3 is 3. The summed E-state index contributed by atoms with van der Waals surface area (Å²) < 4.78 is 29.3. The van der Waals surface area contributed by atoms with Gasteiger partial charge in [-0.05, 0) is 30.7 Å². The van der Waals surface area contributed by atoms with Crippen molar-refractivity contribution in [3.8, 4) is 34.3 Å². The Morgan fingerprint density at radius 2 is 1.91 bits per heavy atom. The summed E-state index contributed by atoms with van der Waals surface area (Å²) in [5, 5.41) is 20.6. The van der Waals surface area contributed by atoms with E-state index >= 15 is 0 Å². The number of benzene rings is 2. The van der Waals surface area contributed by atoms with Gasteiger partial charge in [-0.3, -0.25) is 0 Å². The van der Waals surface area contributed by atoms with Crippen molar-refractivity contribution in [3.63, 3.8) is 0 Å². The highest BCUT2D eigenvalue weighted by Gasteiger charge is 2.30. The van der Waals surface area contributed by atoms with Gasteiger partial charge in [0.2, 0.25) is 0 Å². The van der Waals surface area contributed by atoms with Crippen LogP contribution in [0.15, 0.2) is 45.9 Å². The van der Waals surface area contributed by atoms with Crippen molar-refractivity contribution in [2.45, 2.75) is 24.5 Å². The monoisotopic (exact) mass is 494 g/mol. The van der Waals surface area contributed by atoms with E-state index in [0.29, 0.717) is 51.3 Å². The fourth-order valence-electron chi connectivity index (χ4n) is 4.41. The van der Waals surface area contributed by atoms with E-state index in [1.165, 1.54) is 11.8 Å². The Kier molecular flexibility index (Phi) is 6.21. The molecule has 35 heavy (non-hydrogen) atoms. The first-order valence-electron chi connectivity index (χ1n) is 11.1. The molecule has 1 aliphatic rings. The molecule has 0 bridgehead atoms. The minimum Gasteiger partial charge on any atom is -0.496 e. The molecule has 0 aliphatic carbocycles. The smallest absolute Gasteiger partial charge is 0.171 e. The van der Waals surface area contributed by atoms with Crippen molar-refractivity contribution in [1.82, 2.24) is 10.2 Å². The maximum absolute atomic E-state index is 9.36. The van der Waals surface area contributed by atoms with Gasteiger partial charge in [-0.25, -0.2) is 0 Å². The molecule has 1 N–H and O–H groups in total. The average molecular weight is 495 g/mol. The van der Waals surface area contributed by atoms with Gasteiger partial charge in [0.05, 0.1) is 33.3 Å². The summed E-state index contributed by atoms with van der Waals surface area (Å²) in [6, 6.07) is 7.54. The zero-order valence-electron chi connectivity index (χ0n) is 20.0. The topological polar surface area (TPSA) is 96.1 Å². The predicted octanol–water partition coefficient (Wildman–Crippen LogP) is 5.03. The van der Waals surface area contributed by atoms with Gasteiger partial charge in [-0.15, -0.1) is 10.2 Å². The largest absolute Gasteiger partial charge is 0.496 e. The quantitative estimate of drug-likeness (QED) is 0.267. The number of fused-ring (bicyclic) bond motifs is 4. The van der Waals surface area contributed by atoms with Crippen molar-refractivity contribution in [2.75, 3.05) is 33.7 Å². The lowest BCUT2D eigenvalue weighted by Gasteiger charge is -2.13. The van der Waals surface area contributed by atoms with Crippen LogP contribution in [0.4, 0.5) is 0 Å².